The Bertz CT molecular complexity index is 791. The number of carbonyl (C=O) groups excluding carboxylic acids is 2. The quantitative estimate of drug-likeness (QED) is 0.924. The molecule has 3 heterocycles. The van der Waals surface area contributed by atoms with Gasteiger partial charge in [0.2, 0.25) is 5.91 Å². The molecule has 2 aliphatic rings. The average molecular weight is 345 g/mol. The van der Waals surface area contributed by atoms with Gasteiger partial charge in [-0.25, -0.2) is 4.98 Å². The van der Waals surface area contributed by atoms with Gasteiger partial charge in [0.05, 0.1) is 6.54 Å². The van der Waals surface area contributed by atoms with E-state index in [-0.39, 0.29) is 17.7 Å². The van der Waals surface area contributed by atoms with Crippen molar-refractivity contribution in [3.05, 3.63) is 33.5 Å². The standard InChI is InChI=1S/C17H19N3O3S/c1-10-4-7-12(23-10)9-18-15(21)16-19-14-13(24-16)3-2-8-20(14)17(22)11-5-6-11/h4,7,11H,2-3,5-6,8-9H2,1H3,(H,18,21). The van der Waals surface area contributed by atoms with Crippen molar-refractivity contribution in [2.45, 2.75) is 39.2 Å². The largest absolute Gasteiger partial charge is 0.465 e. The first-order valence-corrected chi connectivity index (χ1v) is 9.08. The third kappa shape index (κ3) is 2.96. The zero-order valence-corrected chi connectivity index (χ0v) is 14.3. The number of aryl methyl sites for hydroxylation is 2. The van der Waals surface area contributed by atoms with Crippen LogP contribution in [0.25, 0.3) is 0 Å². The molecule has 0 radical (unpaired) electrons. The molecule has 2 amide bonds. The van der Waals surface area contributed by atoms with Gasteiger partial charge >= 0.3 is 0 Å². The summed E-state index contributed by atoms with van der Waals surface area (Å²) in [4.78, 5) is 32.0. The summed E-state index contributed by atoms with van der Waals surface area (Å²) in [5, 5.41) is 3.24. The van der Waals surface area contributed by atoms with E-state index in [4.69, 9.17) is 4.42 Å². The highest BCUT2D eigenvalue weighted by Crippen LogP contribution is 2.37. The lowest BCUT2D eigenvalue weighted by Crippen LogP contribution is -2.36. The lowest BCUT2D eigenvalue weighted by Gasteiger charge is -2.25. The topological polar surface area (TPSA) is 75.4 Å². The summed E-state index contributed by atoms with van der Waals surface area (Å²) in [6.07, 6.45) is 3.77. The van der Waals surface area contributed by atoms with E-state index < -0.39 is 0 Å². The molecule has 2 aromatic heterocycles. The van der Waals surface area contributed by atoms with Crippen molar-refractivity contribution < 1.29 is 14.0 Å². The highest BCUT2D eigenvalue weighted by atomic mass is 32.1. The van der Waals surface area contributed by atoms with Crippen LogP contribution in [0.15, 0.2) is 16.5 Å². The van der Waals surface area contributed by atoms with Gasteiger partial charge in [0.15, 0.2) is 5.01 Å². The average Bonchev–Trinajstić information content (AvgIpc) is 3.20. The predicted molar refractivity (Wildman–Crippen MR) is 90.1 cm³/mol. The molecule has 24 heavy (non-hydrogen) atoms. The lowest BCUT2D eigenvalue weighted by molar-refractivity contribution is -0.119. The van der Waals surface area contributed by atoms with Gasteiger partial charge in [0.1, 0.15) is 17.3 Å². The predicted octanol–water partition coefficient (Wildman–Crippen LogP) is 2.66. The van der Waals surface area contributed by atoms with Crippen molar-refractivity contribution >= 4 is 29.0 Å². The van der Waals surface area contributed by atoms with Crippen LogP contribution in [-0.2, 0) is 17.8 Å². The summed E-state index contributed by atoms with van der Waals surface area (Å²) in [6.45, 7) is 2.91. The number of nitrogens with zero attached hydrogens (tertiary/aromatic N) is 2. The van der Waals surface area contributed by atoms with E-state index in [0.717, 1.165) is 36.3 Å². The minimum Gasteiger partial charge on any atom is -0.465 e. The number of rotatable bonds is 4. The van der Waals surface area contributed by atoms with E-state index in [1.807, 2.05) is 19.1 Å². The monoisotopic (exact) mass is 345 g/mol. The van der Waals surface area contributed by atoms with E-state index >= 15 is 0 Å². The molecule has 0 bridgehead atoms. The van der Waals surface area contributed by atoms with Crippen LogP contribution < -0.4 is 10.2 Å². The second-order valence-electron chi connectivity index (χ2n) is 6.33. The minimum atomic E-state index is -0.220. The molecule has 0 atom stereocenters. The molecule has 2 aromatic rings. The summed E-state index contributed by atoms with van der Waals surface area (Å²) in [5.74, 6) is 2.34. The number of carbonyl (C=O) groups is 2. The highest BCUT2D eigenvalue weighted by molar-refractivity contribution is 7.14. The molecule has 1 saturated carbocycles. The van der Waals surface area contributed by atoms with Crippen molar-refractivity contribution in [3.8, 4) is 0 Å². The molecule has 1 aliphatic carbocycles. The third-order valence-corrected chi connectivity index (χ3v) is 5.43. The fourth-order valence-electron chi connectivity index (χ4n) is 2.91. The first-order chi connectivity index (χ1) is 11.6. The van der Waals surface area contributed by atoms with E-state index in [0.29, 0.717) is 29.7 Å². The molecule has 0 unspecified atom stereocenters. The second kappa shape index (κ2) is 6.05. The van der Waals surface area contributed by atoms with Crippen LogP contribution in [0.5, 0.6) is 0 Å². The van der Waals surface area contributed by atoms with Crippen molar-refractivity contribution in [1.82, 2.24) is 10.3 Å². The van der Waals surface area contributed by atoms with Crippen LogP contribution in [0.4, 0.5) is 5.82 Å². The number of amides is 2. The Labute approximate surface area is 143 Å². The van der Waals surface area contributed by atoms with Gasteiger partial charge in [-0.2, -0.15) is 0 Å². The third-order valence-electron chi connectivity index (χ3n) is 4.32. The number of fused-ring (bicyclic) bond motifs is 1. The Morgan fingerprint density at radius 1 is 1.42 bits per heavy atom. The molecular formula is C17H19N3O3S. The number of anilines is 1. The molecule has 1 N–H and O–H groups in total. The number of hydrogen-bond acceptors (Lipinski definition) is 5. The molecule has 1 aliphatic heterocycles. The van der Waals surface area contributed by atoms with Crippen LogP contribution in [0.1, 0.15) is 45.5 Å². The zero-order chi connectivity index (χ0) is 16.7. The van der Waals surface area contributed by atoms with Crippen LogP contribution in [0, 0.1) is 12.8 Å². The molecule has 1 fully saturated rings. The van der Waals surface area contributed by atoms with Crippen LogP contribution in [-0.4, -0.2) is 23.3 Å². The van der Waals surface area contributed by atoms with Crippen molar-refractivity contribution in [3.63, 3.8) is 0 Å². The maximum Gasteiger partial charge on any atom is 0.280 e. The summed E-state index contributed by atoms with van der Waals surface area (Å²) in [6, 6.07) is 3.71. The number of thiazole rings is 1. The number of aromatic nitrogens is 1. The van der Waals surface area contributed by atoms with Gasteiger partial charge in [0.25, 0.3) is 5.91 Å². The summed E-state index contributed by atoms with van der Waals surface area (Å²) >= 11 is 1.39. The van der Waals surface area contributed by atoms with Crippen molar-refractivity contribution in [2.24, 2.45) is 5.92 Å². The van der Waals surface area contributed by atoms with Crippen molar-refractivity contribution in [2.75, 3.05) is 11.4 Å². The van der Waals surface area contributed by atoms with Crippen LogP contribution >= 0.6 is 11.3 Å². The van der Waals surface area contributed by atoms with E-state index in [1.165, 1.54) is 11.3 Å². The molecule has 6 nitrogen and oxygen atoms in total. The molecule has 0 spiro atoms. The molecular weight excluding hydrogens is 326 g/mol. The zero-order valence-electron chi connectivity index (χ0n) is 13.5. The van der Waals surface area contributed by atoms with Gasteiger partial charge in [0, 0.05) is 17.3 Å². The Hall–Kier alpha value is -2.15. The Morgan fingerprint density at radius 3 is 2.96 bits per heavy atom. The van der Waals surface area contributed by atoms with E-state index in [1.54, 1.807) is 4.90 Å². The fraction of sp³-hybridized carbons (Fsp3) is 0.471. The lowest BCUT2D eigenvalue weighted by atomic mass is 10.1. The molecule has 0 aromatic carbocycles. The SMILES string of the molecule is Cc1ccc(CNC(=O)c2nc3c(s2)CCCN3C(=O)C2CC2)o1. The highest BCUT2D eigenvalue weighted by Gasteiger charge is 2.37. The molecule has 126 valence electrons. The van der Waals surface area contributed by atoms with Crippen LogP contribution in [0.3, 0.4) is 0 Å². The minimum absolute atomic E-state index is 0.164. The van der Waals surface area contributed by atoms with E-state index in [2.05, 4.69) is 10.3 Å². The van der Waals surface area contributed by atoms with Crippen molar-refractivity contribution in [1.29, 1.82) is 0 Å². The number of nitrogens with one attached hydrogen (secondary N) is 1. The first kappa shape index (κ1) is 15.4. The summed E-state index contributed by atoms with van der Waals surface area (Å²) in [5.41, 5.74) is 0. The van der Waals surface area contributed by atoms with Gasteiger partial charge < -0.3 is 9.73 Å². The van der Waals surface area contributed by atoms with Crippen LogP contribution in [0.2, 0.25) is 0 Å². The maximum atomic E-state index is 12.4. The van der Waals surface area contributed by atoms with Gasteiger partial charge in [-0.05, 0) is 44.7 Å². The molecule has 4 rings (SSSR count). The molecule has 0 saturated heterocycles. The number of hydrogen-bond donors (Lipinski definition) is 1. The maximum absolute atomic E-state index is 12.4. The fourth-order valence-corrected chi connectivity index (χ4v) is 3.93. The Morgan fingerprint density at radius 2 is 2.25 bits per heavy atom. The first-order valence-electron chi connectivity index (χ1n) is 8.26. The Kier molecular flexibility index (Phi) is 3.88. The smallest absolute Gasteiger partial charge is 0.280 e. The number of furan rings is 1. The van der Waals surface area contributed by atoms with Gasteiger partial charge in [-0.15, -0.1) is 11.3 Å². The summed E-state index contributed by atoms with van der Waals surface area (Å²) < 4.78 is 5.45. The second-order valence-corrected chi connectivity index (χ2v) is 7.41. The summed E-state index contributed by atoms with van der Waals surface area (Å²) in [7, 11) is 0. The normalized spacial score (nSPS) is 16.8. The van der Waals surface area contributed by atoms with Gasteiger partial charge in [-0.3, -0.25) is 14.5 Å². The Balaban J connectivity index is 1.48. The van der Waals surface area contributed by atoms with Gasteiger partial charge in [-0.1, -0.05) is 0 Å². The van der Waals surface area contributed by atoms with E-state index in [9.17, 15) is 9.59 Å². The molecule has 7 heteroatoms.